The predicted octanol–water partition coefficient (Wildman–Crippen LogP) is 3.37. The summed E-state index contributed by atoms with van der Waals surface area (Å²) in [7, 11) is 0. The van der Waals surface area contributed by atoms with E-state index in [1.807, 2.05) is 0 Å². The second-order valence-electron chi connectivity index (χ2n) is 4.87. The fraction of sp³-hybridized carbons (Fsp3) is 0.357. The van der Waals surface area contributed by atoms with Gasteiger partial charge in [0.25, 0.3) is 0 Å². The molecule has 0 aliphatic rings. The van der Waals surface area contributed by atoms with Gasteiger partial charge < -0.3 is 9.84 Å². The van der Waals surface area contributed by atoms with Crippen molar-refractivity contribution < 1.29 is 13.3 Å². The molecule has 0 atom stereocenters. The number of nitrogens with zero attached hydrogens (tertiary/aromatic N) is 1. The summed E-state index contributed by atoms with van der Waals surface area (Å²) in [6, 6.07) is 4.94. The number of benzene rings is 1. The molecule has 0 radical (unpaired) electrons. The molecule has 1 aromatic heterocycles. The van der Waals surface area contributed by atoms with Crippen LogP contribution in [0.4, 0.5) is 8.78 Å². The van der Waals surface area contributed by atoms with Gasteiger partial charge in [-0.25, -0.2) is 8.78 Å². The van der Waals surface area contributed by atoms with Gasteiger partial charge >= 0.3 is 0 Å². The van der Waals surface area contributed by atoms with Gasteiger partial charge in [-0.1, -0.05) is 19.0 Å². The van der Waals surface area contributed by atoms with Gasteiger partial charge in [-0.15, -0.1) is 0 Å². The van der Waals surface area contributed by atoms with Crippen molar-refractivity contribution in [3.05, 3.63) is 41.6 Å². The first kappa shape index (κ1) is 13.7. The minimum Gasteiger partial charge on any atom is -0.356 e. The van der Waals surface area contributed by atoms with Crippen LogP contribution in [-0.4, -0.2) is 11.7 Å². The summed E-state index contributed by atoms with van der Waals surface area (Å²) in [6.45, 7) is 5.66. The highest BCUT2D eigenvalue weighted by Crippen LogP contribution is 2.22. The molecule has 0 saturated carbocycles. The summed E-state index contributed by atoms with van der Waals surface area (Å²) in [4.78, 5) is 0. The Labute approximate surface area is 110 Å². The lowest BCUT2D eigenvalue weighted by Crippen LogP contribution is -2.18. The average Bonchev–Trinajstić information content (AvgIpc) is 2.76. The Morgan fingerprint density at radius 1 is 1.16 bits per heavy atom. The van der Waals surface area contributed by atoms with E-state index in [4.69, 9.17) is 4.52 Å². The fourth-order valence-corrected chi connectivity index (χ4v) is 1.72. The third-order valence-electron chi connectivity index (χ3n) is 2.56. The van der Waals surface area contributed by atoms with Gasteiger partial charge in [-0.2, -0.15) is 0 Å². The van der Waals surface area contributed by atoms with Crippen LogP contribution in [-0.2, 0) is 6.54 Å². The van der Waals surface area contributed by atoms with E-state index in [0.717, 1.165) is 12.6 Å². The Kier molecular flexibility index (Phi) is 4.27. The molecule has 2 aromatic rings. The Hall–Kier alpha value is -1.75. The van der Waals surface area contributed by atoms with E-state index in [-0.39, 0.29) is 0 Å². The first-order valence-corrected chi connectivity index (χ1v) is 6.17. The first-order chi connectivity index (χ1) is 9.04. The number of aromatic nitrogens is 1. The van der Waals surface area contributed by atoms with Crippen LogP contribution in [0.2, 0.25) is 0 Å². The summed E-state index contributed by atoms with van der Waals surface area (Å²) in [5, 5.41) is 7.08. The first-order valence-electron chi connectivity index (χ1n) is 6.17. The highest BCUT2D eigenvalue weighted by molar-refractivity contribution is 5.57. The van der Waals surface area contributed by atoms with E-state index in [0.29, 0.717) is 29.5 Å². The van der Waals surface area contributed by atoms with Gasteiger partial charge in [0.1, 0.15) is 11.6 Å². The van der Waals surface area contributed by atoms with Crippen molar-refractivity contribution in [2.75, 3.05) is 6.54 Å². The van der Waals surface area contributed by atoms with Crippen LogP contribution < -0.4 is 5.32 Å². The smallest absolute Gasteiger partial charge is 0.167 e. The molecule has 2 rings (SSSR count). The van der Waals surface area contributed by atoms with E-state index >= 15 is 0 Å². The van der Waals surface area contributed by atoms with Crippen molar-refractivity contribution in [3.8, 4) is 11.3 Å². The van der Waals surface area contributed by atoms with Crippen LogP contribution in [0.3, 0.4) is 0 Å². The lowest BCUT2D eigenvalue weighted by atomic mass is 10.1. The normalized spacial score (nSPS) is 11.2. The van der Waals surface area contributed by atoms with Crippen LogP contribution in [0.25, 0.3) is 11.3 Å². The average molecular weight is 266 g/mol. The third kappa shape index (κ3) is 3.86. The third-order valence-corrected chi connectivity index (χ3v) is 2.56. The summed E-state index contributed by atoms with van der Waals surface area (Å²) in [6.07, 6.45) is 0. The molecule has 1 aromatic carbocycles. The van der Waals surface area contributed by atoms with Crippen molar-refractivity contribution in [2.45, 2.75) is 20.4 Å². The van der Waals surface area contributed by atoms with Crippen molar-refractivity contribution in [2.24, 2.45) is 5.92 Å². The van der Waals surface area contributed by atoms with Crippen LogP contribution in [0.15, 0.2) is 28.8 Å². The van der Waals surface area contributed by atoms with E-state index in [1.54, 1.807) is 6.07 Å². The fourth-order valence-electron chi connectivity index (χ4n) is 1.72. The molecular formula is C14H16F2N2O. The maximum Gasteiger partial charge on any atom is 0.167 e. The lowest BCUT2D eigenvalue weighted by Gasteiger charge is -2.04. The van der Waals surface area contributed by atoms with Crippen molar-refractivity contribution in [1.29, 1.82) is 0 Å². The Morgan fingerprint density at radius 3 is 2.47 bits per heavy atom. The molecule has 0 saturated heterocycles. The van der Waals surface area contributed by atoms with Crippen LogP contribution in [0, 0.1) is 17.6 Å². The molecule has 0 unspecified atom stereocenters. The van der Waals surface area contributed by atoms with Crippen LogP contribution in [0.1, 0.15) is 19.5 Å². The lowest BCUT2D eigenvalue weighted by molar-refractivity contribution is 0.417. The van der Waals surface area contributed by atoms with Gasteiger partial charge in [-0.3, -0.25) is 0 Å². The molecule has 0 bridgehead atoms. The Balaban J connectivity index is 2.07. The molecule has 1 heterocycles. The van der Waals surface area contributed by atoms with E-state index in [9.17, 15) is 8.78 Å². The maximum atomic E-state index is 13.1. The second kappa shape index (κ2) is 5.93. The minimum atomic E-state index is -0.633. The zero-order valence-electron chi connectivity index (χ0n) is 10.9. The number of hydrogen-bond donors (Lipinski definition) is 1. The Morgan fingerprint density at radius 2 is 1.84 bits per heavy atom. The molecule has 0 amide bonds. The molecule has 102 valence electrons. The second-order valence-corrected chi connectivity index (χ2v) is 4.87. The van der Waals surface area contributed by atoms with Crippen LogP contribution in [0.5, 0.6) is 0 Å². The van der Waals surface area contributed by atoms with Gasteiger partial charge in [0.15, 0.2) is 5.76 Å². The van der Waals surface area contributed by atoms with Crippen molar-refractivity contribution in [1.82, 2.24) is 10.5 Å². The highest BCUT2D eigenvalue weighted by atomic mass is 19.1. The quantitative estimate of drug-likeness (QED) is 0.901. The molecule has 19 heavy (non-hydrogen) atoms. The molecular weight excluding hydrogens is 250 g/mol. The molecule has 5 heteroatoms. The molecule has 0 spiro atoms. The molecule has 3 nitrogen and oxygen atoms in total. The number of nitrogens with one attached hydrogen (secondary N) is 1. The van der Waals surface area contributed by atoms with Gasteiger partial charge in [0.05, 0.1) is 5.69 Å². The van der Waals surface area contributed by atoms with E-state index in [1.165, 1.54) is 12.1 Å². The SMILES string of the molecule is CC(C)CNCc1cc(-c2cc(F)cc(F)c2)on1. The monoisotopic (exact) mass is 266 g/mol. The Bertz CT molecular complexity index is 532. The van der Waals surface area contributed by atoms with Crippen molar-refractivity contribution >= 4 is 0 Å². The summed E-state index contributed by atoms with van der Waals surface area (Å²) in [5.74, 6) is -0.361. The zero-order chi connectivity index (χ0) is 13.8. The number of halogens is 2. The van der Waals surface area contributed by atoms with Gasteiger partial charge in [0.2, 0.25) is 0 Å². The van der Waals surface area contributed by atoms with Gasteiger partial charge in [-0.05, 0) is 24.6 Å². The van der Waals surface area contributed by atoms with Crippen molar-refractivity contribution in [3.63, 3.8) is 0 Å². The molecule has 1 N–H and O–H groups in total. The van der Waals surface area contributed by atoms with Crippen LogP contribution >= 0.6 is 0 Å². The summed E-state index contributed by atoms with van der Waals surface area (Å²) in [5.41, 5.74) is 1.06. The number of hydrogen-bond acceptors (Lipinski definition) is 3. The topological polar surface area (TPSA) is 38.1 Å². The summed E-state index contributed by atoms with van der Waals surface area (Å²) >= 11 is 0. The highest BCUT2D eigenvalue weighted by Gasteiger charge is 2.09. The zero-order valence-corrected chi connectivity index (χ0v) is 10.9. The maximum absolute atomic E-state index is 13.1. The summed E-state index contributed by atoms with van der Waals surface area (Å²) < 4.78 is 31.3. The predicted molar refractivity (Wildman–Crippen MR) is 68.4 cm³/mol. The largest absolute Gasteiger partial charge is 0.356 e. The van der Waals surface area contributed by atoms with E-state index < -0.39 is 11.6 Å². The number of rotatable bonds is 5. The van der Waals surface area contributed by atoms with E-state index in [2.05, 4.69) is 24.3 Å². The molecule has 0 fully saturated rings. The minimum absolute atomic E-state index is 0.347. The van der Waals surface area contributed by atoms with Gasteiger partial charge in [0, 0.05) is 24.2 Å². The molecule has 0 aliphatic carbocycles. The molecule has 0 aliphatic heterocycles. The standard InChI is InChI=1S/C14H16F2N2O/c1-9(2)7-17-8-13-6-14(19-18-13)10-3-11(15)5-12(16)4-10/h3-6,9,17H,7-8H2,1-2H3.